The standard InChI is InChI=1S/C11H11IN2O/c12-9-5-13-11-8(9)3-4-10(14-11)15-6-7-1-2-7/h3-5,7H,1-2,6H2,(H,13,14). The van der Waals surface area contributed by atoms with Gasteiger partial charge >= 0.3 is 0 Å². The van der Waals surface area contributed by atoms with Crippen LogP contribution in [-0.4, -0.2) is 16.6 Å². The van der Waals surface area contributed by atoms with Crippen molar-refractivity contribution in [2.24, 2.45) is 5.92 Å². The van der Waals surface area contributed by atoms with Gasteiger partial charge in [0.15, 0.2) is 0 Å². The number of halogens is 1. The van der Waals surface area contributed by atoms with Crippen LogP contribution in [0.4, 0.5) is 0 Å². The van der Waals surface area contributed by atoms with Crippen molar-refractivity contribution in [1.29, 1.82) is 0 Å². The van der Waals surface area contributed by atoms with E-state index in [1.165, 1.54) is 16.4 Å². The van der Waals surface area contributed by atoms with Crippen molar-refractivity contribution in [2.75, 3.05) is 6.61 Å². The number of hydrogen-bond acceptors (Lipinski definition) is 2. The molecule has 0 radical (unpaired) electrons. The highest BCUT2D eigenvalue weighted by Gasteiger charge is 2.22. The van der Waals surface area contributed by atoms with Crippen LogP contribution in [0.3, 0.4) is 0 Å². The molecular formula is C11H11IN2O. The molecule has 0 atom stereocenters. The molecule has 0 spiro atoms. The third kappa shape index (κ3) is 1.95. The number of rotatable bonds is 3. The summed E-state index contributed by atoms with van der Waals surface area (Å²) in [4.78, 5) is 7.55. The van der Waals surface area contributed by atoms with Crippen LogP contribution >= 0.6 is 22.6 Å². The molecule has 2 aromatic rings. The highest BCUT2D eigenvalue weighted by atomic mass is 127. The molecule has 3 nitrogen and oxygen atoms in total. The Morgan fingerprint density at radius 1 is 1.47 bits per heavy atom. The first-order valence-corrected chi connectivity index (χ1v) is 6.17. The maximum Gasteiger partial charge on any atom is 0.215 e. The molecule has 0 aliphatic heterocycles. The van der Waals surface area contributed by atoms with Crippen LogP contribution in [0.1, 0.15) is 12.8 Å². The summed E-state index contributed by atoms with van der Waals surface area (Å²) in [5, 5.41) is 1.16. The minimum atomic E-state index is 0.729. The second-order valence-electron chi connectivity index (χ2n) is 3.94. The zero-order valence-electron chi connectivity index (χ0n) is 8.16. The van der Waals surface area contributed by atoms with Crippen molar-refractivity contribution < 1.29 is 4.74 Å². The van der Waals surface area contributed by atoms with Gasteiger partial charge in [0.25, 0.3) is 0 Å². The average molecular weight is 314 g/mol. The lowest BCUT2D eigenvalue weighted by Crippen LogP contribution is -2.00. The average Bonchev–Trinajstić information content (AvgIpc) is 3.01. The van der Waals surface area contributed by atoms with Gasteiger partial charge in [-0.2, -0.15) is 4.98 Å². The largest absolute Gasteiger partial charge is 0.477 e. The number of ether oxygens (including phenoxy) is 1. The van der Waals surface area contributed by atoms with Gasteiger partial charge in [0.2, 0.25) is 5.88 Å². The van der Waals surface area contributed by atoms with Crippen molar-refractivity contribution >= 4 is 33.6 Å². The third-order valence-corrected chi connectivity index (χ3v) is 3.52. The van der Waals surface area contributed by atoms with E-state index in [1.54, 1.807) is 0 Å². The zero-order valence-corrected chi connectivity index (χ0v) is 10.3. The number of H-pyrrole nitrogens is 1. The van der Waals surface area contributed by atoms with Gasteiger partial charge in [0.1, 0.15) is 5.65 Å². The molecule has 1 fully saturated rings. The molecule has 15 heavy (non-hydrogen) atoms. The first-order chi connectivity index (χ1) is 7.33. The first-order valence-electron chi connectivity index (χ1n) is 5.09. The molecule has 3 rings (SSSR count). The third-order valence-electron chi connectivity index (χ3n) is 2.63. The van der Waals surface area contributed by atoms with Gasteiger partial charge in [-0.05, 0) is 47.4 Å². The van der Waals surface area contributed by atoms with Gasteiger partial charge in [-0.25, -0.2) is 0 Å². The number of hydrogen-bond donors (Lipinski definition) is 1. The quantitative estimate of drug-likeness (QED) is 0.885. The van der Waals surface area contributed by atoms with Gasteiger partial charge in [0, 0.05) is 21.2 Å². The molecule has 4 heteroatoms. The van der Waals surface area contributed by atoms with Gasteiger partial charge in [0.05, 0.1) is 6.61 Å². The smallest absolute Gasteiger partial charge is 0.215 e. The van der Waals surface area contributed by atoms with Crippen LogP contribution in [0.25, 0.3) is 11.0 Å². The molecule has 0 unspecified atom stereocenters. The fraction of sp³-hybridized carbons (Fsp3) is 0.364. The van der Waals surface area contributed by atoms with Gasteiger partial charge in [-0.15, -0.1) is 0 Å². The molecule has 78 valence electrons. The molecule has 0 saturated heterocycles. The lowest BCUT2D eigenvalue weighted by molar-refractivity contribution is 0.289. The van der Waals surface area contributed by atoms with Crippen molar-refractivity contribution in [3.8, 4) is 5.88 Å². The Labute approximate surface area is 101 Å². The molecule has 1 aliphatic rings. The number of nitrogens with zero attached hydrogens (tertiary/aromatic N) is 1. The highest BCUT2D eigenvalue weighted by Crippen LogP contribution is 2.29. The SMILES string of the molecule is Ic1c[nH]c2nc(OCC3CC3)ccc12. The Morgan fingerprint density at radius 2 is 2.33 bits per heavy atom. The van der Waals surface area contributed by atoms with E-state index in [0.717, 1.165) is 29.4 Å². The Morgan fingerprint density at radius 3 is 3.13 bits per heavy atom. The number of fused-ring (bicyclic) bond motifs is 1. The van der Waals surface area contributed by atoms with E-state index in [9.17, 15) is 0 Å². The zero-order chi connectivity index (χ0) is 10.3. The van der Waals surface area contributed by atoms with Crippen LogP contribution in [0.15, 0.2) is 18.3 Å². The molecule has 0 bridgehead atoms. The molecule has 2 heterocycles. The van der Waals surface area contributed by atoms with Crippen molar-refractivity contribution in [1.82, 2.24) is 9.97 Å². The summed E-state index contributed by atoms with van der Waals surface area (Å²) >= 11 is 2.29. The Kier molecular flexibility index (Phi) is 2.31. The second-order valence-corrected chi connectivity index (χ2v) is 5.10. The number of nitrogens with one attached hydrogen (secondary N) is 1. The molecule has 1 aliphatic carbocycles. The van der Waals surface area contributed by atoms with Crippen LogP contribution < -0.4 is 4.74 Å². The normalized spacial score (nSPS) is 15.8. The lowest BCUT2D eigenvalue weighted by atomic mass is 10.3. The van der Waals surface area contributed by atoms with E-state index in [0.29, 0.717) is 0 Å². The van der Waals surface area contributed by atoms with E-state index in [-0.39, 0.29) is 0 Å². The van der Waals surface area contributed by atoms with Crippen LogP contribution in [0.2, 0.25) is 0 Å². The molecule has 1 saturated carbocycles. The molecule has 0 aromatic carbocycles. The van der Waals surface area contributed by atoms with Gasteiger partial charge < -0.3 is 9.72 Å². The Balaban J connectivity index is 1.85. The van der Waals surface area contributed by atoms with Crippen molar-refractivity contribution in [2.45, 2.75) is 12.8 Å². The van der Waals surface area contributed by atoms with E-state index < -0.39 is 0 Å². The maximum absolute atomic E-state index is 5.61. The summed E-state index contributed by atoms with van der Waals surface area (Å²) in [6.07, 6.45) is 4.58. The van der Waals surface area contributed by atoms with Gasteiger partial charge in [-0.1, -0.05) is 0 Å². The number of aromatic nitrogens is 2. The number of pyridine rings is 1. The van der Waals surface area contributed by atoms with Crippen LogP contribution in [0.5, 0.6) is 5.88 Å². The maximum atomic E-state index is 5.61. The predicted molar refractivity (Wildman–Crippen MR) is 67.0 cm³/mol. The Bertz CT molecular complexity index is 490. The van der Waals surface area contributed by atoms with Crippen LogP contribution in [-0.2, 0) is 0 Å². The Hall–Kier alpha value is -0.780. The lowest BCUT2D eigenvalue weighted by Gasteiger charge is -2.03. The minimum Gasteiger partial charge on any atom is -0.477 e. The summed E-state index contributed by atoms with van der Waals surface area (Å²) in [7, 11) is 0. The van der Waals surface area contributed by atoms with E-state index in [1.807, 2.05) is 12.3 Å². The topological polar surface area (TPSA) is 37.9 Å². The fourth-order valence-electron chi connectivity index (χ4n) is 1.52. The summed E-state index contributed by atoms with van der Waals surface area (Å²) in [5.41, 5.74) is 0.910. The van der Waals surface area contributed by atoms with E-state index >= 15 is 0 Å². The van der Waals surface area contributed by atoms with Gasteiger partial charge in [-0.3, -0.25) is 0 Å². The van der Waals surface area contributed by atoms with Crippen molar-refractivity contribution in [3.63, 3.8) is 0 Å². The van der Waals surface area contributed by atoms with E-state index in [2.05, 4.69) is 38.6 Å². The highest BCUT2D eigenvalue weighted by molar-refractivity contribution is 14.1. The fourth-order valence-corrected chi connectivity index (χ4v) is 2.11. The molecular weight excluding hydrogens is 303 g/mol. The van der Waals surface area contributed by atoms with E-state index in [4.69, 9.17) is 4.74 Å². The predicted octanol–water partition coefficient (Wildman–Crippen LogP) is 2.96. The number of aromatic amines is 1. The van der Waals surface area contributed by atoms with Crippen molar-refractivity contribution in [3.05, 3.63) is 21.9 Å². The minimum absolute atomic E-state index is 0.729. The molecule has 2 aromatic heterocycles. The molecule has 1 N–H and O–H groups in total. The second kappa shape index (κ2) is 3.66. The monoisotopic (exact) mass is 314 g/mol. The summed E-state index contributed by atoms with van der Waals surface area (Å²) in [6, 6.07) is 4.00. The summed E-state index contributed by atoms with van der Waals surface area (Å²) in [6.45, 7) is 0.816. The first kappa shape index (κ1) is 9.45. The van der Waals surface area contributed by atoms with Crippen LogP contribution in [0, 0.1) is 9.49 Å². The molecule has 0 amide bonds. The summed E-state index contributed by atoms with van der Waals surface area (Å²) < 4.78 is 6.81. The summed E-state index contributed by atoms with van der Waals surface area (Å²) in [5.74, 6) is 1.50.